The summed E-state index contributed by atoms with van der Waals surface area (Å²) >= 11 is 0. The van der Waals surface area contributed by atoms with E-state index in [0.29, 0.717) is 31.1 Å². The maximum absolute atomic E-state index is 12.7. The van der Waals surface area contributed by atoms with Crippen molar-refractivity contribution in [3.05, 3.63) is 54.0 Å². The van der Waals surface area contributed by atoms with Crippen molar-refractivity contribution in [3.8, 4) is 0 Å². The number of hydrogen-bond donors (Lipinski definition) is 2. The van der Waals surface area contributed by atoms with Gasteiger partial charge in [0.2, 0.25) is 10.0 Å². The van der Waals surface area contributed by atoms with E-state index < -0.39 is 10.0 Å². The molecule has 0 unspecified atom stereocenters. The van der Waals surface area contributed by atoms with Gasteiger partial charge in [-0.15, -0.1) is 24.0 Å². The molecule has 0 saturated carbocycles. The Balaban J connectivity index is 0.00000320. The van der Waals surface area contributed by atoms with Crippen molar-refractivity contribution < 1.29 is 12.8 Å². The van der Waals surface area contributed by atoms with Crippen LogP contribution in [0.5, 0.6) is 0 Å². The molecule has 1 aromatic carbocycles. The molecule has 0 aliphatic carbocycles. The highest BCUT2D eigenvalue weighted by atomic mass is 127. The lowest BCUT2D eigenvalue weighted by Gasteiger charge is -2.25. The highest BCUT2D eigenvalue weighted by Gasteiger charge is 2.25. The molecule has 9 heteroatoms. The van der Waals surface area contributed by atoms with Crippen LogP contribution in [0.15, 0.2) is 57.0 Å². The molecule has 1 aromatic heterocycles. The molecule has 0 radical (unpaired) electrons. The number of furan rings is 1. The molecule has 0 atom stereocenters. The van der Waals surface area contributed by atoms with Crippen molar-refractivity contribution in [1.82, 2.24) is 14.9 Å². The van der Waals surface area contributed by atoms with Gasteiger partial charge in [0.1, 0.15) is 5.76 Å². The van der Waals surface area contributed by atoms with Gasteiger partial charge in [0.05, 0.1) is 17.7 Å². The summed E-state index contributed by atoms with van der Waals surface area (Å²) in [5.41, 5.74) is 0.964. The van der Waals surface area contributed by atoms with E-state index in [4.69, 9.17) is 4.42 Å². The van der Waals surface area contributed by atoms with E-state index in [0.717, 1.165) is 49.5 Å². The zero-order valence-electron chi connectivity index (χ0n) is 17.3. The molecule has 1 aliphatic heterocycles. The van der Waals surface area contributed by atoms with E-state index in [1.165, 1.54) is 0 Å². The predicted molar refractivity (Wildman–Crippen MR) is 130 cm³/mol. The summed E-state index contributed by atoms with van der Waals surface area (Å²) in [6, 6.07) is 10.9. The topological polar surface area (TPSA) is 86.9 Å². The van der Waals surface area contributed by atoms with Crippen molar-refractivity contribution in [2.75, 3.05) is 26.2 Å². The van der Waals surface area contributed by atoms with Gasteiger partial charge in [0.15, 0.2) is 5.96 Å². The zero-order valence-corrected chi connectivity index (χ0v) is 20.5. The van der Waals surface area contributed by atoms with Gasteiger partial charge in [-0.05, 0) is 49.6 Å². The Morgan fingerprint density at radius 1 is 1.10 bits per heavy atom. The average Bonchev–Trinajstić information content (AvgIpc) is 3.26. The van der Waals surface area contributed by atoms with E-state index in [9.17, 15) is 8.42 Å². The second-order valence-electron chi connectivity index (χ2n) is 7.06. The highest BCUT2D eigenvalue weighted by molar-refractivity contribution is 14.0. The molecule has 1 aliphatic rings. The lowest BCUT2D eigenvalue weighted by Crippen LogP contribution is -2.38. The molecule has 0 amide bonds. The van der Waals surface area contributed by atoms with Crippen molar-refractivity contribution in [1.29, 1.82) is 0 Å². The summed E-state index contributed by atoms with van der Waals surface area (Å²) in [5.74, 6) is 1.66. The van der Waals surface area contributed by atoms with Gasteiger partial charge in [-0.3, -0.25) is 0 Å². The van der Waals surface area contributed by atoms with Gasteiger partial charge in [0, 0.05) is 32.6 Å². The fourth-order valence-electron chi connectivity index (χ4n) is 3.29. The fourth-order valence-corrected chi connectivity index (χ4v) is 4.81. The summed E-state index contributed by atoms with van der Waals surface area (Å²) in [5, 5.41) is 6.50. The number of benzene rings is 1. The number of hydrogen-bond acceptors (Lipinski definition) is 4. The maximum Gasteiger partial charge on any atom is 0.243 e. The van der Waals surface area contributed by atoms with Crippen LogP contribution in [0, 0.1) is 0 Å². The number of guanidine groups is 1. The normalized spacial score (nSPS) is 15.4. The van der Waals surface area contributed by atoms with E-state index >= 15 is 0 Å². The molecular weight excluding hydrogens is 515 g/mol. The summed E-state index contributed by atoms with van der Waals surface area (Å²) in [7, 11) is -3.39. The Hall–Kier alpha value is -1.59. The largest absolute Gasteiger partial charge is 0.469 e. The van der Waals surface area contributed by atoms with E-state index in [2.05, 4.69) is 15.6 Å². The van der Waals surface area contributed by atoms with Crippen LogP contribution in [0.25, 0.3) is 0 Å². The molecule has 1 saturated heterocycles. The smallest absolute Gasteiger partial charge is 0.243 e. The Labute approximate surface area is 196 Å². The summed E-state index contributed by atoms with van der Waals surface area (Å²) in [6.07, 6.45) is 5.43. The minimum absolute atomic E-state index is 0. The number of nitrogens with zero attached hydrogens (tertiary/aromatic N) is 2. The molecular formula is C21H31IN4O3S. The number of sulfonamides is 1. The molecule has 0 spiro atoms. The van der Waals surface area contributed by atoms with Crippen molar-refractivity contribution in [2.45, 2.75) is 44.0 Å². The van der Waals surface area contributed by atoms with Crippen LogP contribution in [0.3, 0.4) is 0 Å². The third kappa shape index (κ3) is 6.98. The van der Waals surface area contributed by atoms with E-state index in [-0.39, 0.29) is 24.0 Å². The first kappa shape index (κ1) is 24.7. The van der Waals surface area contributed by atoms with Gasteiger partial charge >= 0.3 is 0 Å². The molecule has 166 valence electrons. The van der Waals surface area contributed by atoms with Gasteiger partial charge < -0.3 is 15.1 Å². The molecule has 2 aromatic rings. The first-order valence-electron chi connectivity index (χ1n) is 10.2. The Morgan fingerprint density at radius 3 is 2.47 bits per heavy atom. The summed E-state index contributed by atoms with van der Waals surface area (Å²) < 4.78 is 32.4. The first-order chi connectivity index (χ1) is 14.1. The maximum atomic E-state index is 12.7. The third-order valence-electron chi connectivity index (χ3n) is 4.88. The number of halogens is 1. The number of aliphatic imine (C=N–C) groups is 1. The number of rotatable bonds is 8. The van der Waals surface area contributed by atoms with Crippen molar-refractivity contribution in [2.24, 2.45) is 4.99 Å². The van der Waals surface area contributed by atoms with Crippen LogP contribution in [0.1, 0.15) is 37.5 Å². The average molecular weight is 546 g/mol. The molecule has 7 nitrogen and oxygen atoms in total. The van der Waals surface area contributed by atoms with E-state index in [1.54, 1.807) is 22.7 Å². The predicted octanol–water partition coefficient (Wildman–Crippen LogP) is 3.37. The van der Waals surface area contributed by atoms with Gasteiger partial charge in [-0.2, -0.15) is 4.31 Å². The SMILES string of the molecule is CCNC(=NCc1ccc(S(=O)(=O)N2CCCCC2)cc1)NCCc1ccco1.I. The molecule has 2 heterocycles. The lowest BCUT2D eigenvalue weighted by atomic mass is 10.2. The Bertz CT molecular complexity index is 877. The first-order valence-corrected chi connectivity index (χ1v) is 11.7. The second-order valence-corrected chi connectivity index (χ2v) is 9.00. The Kier molecular flexibility index (Phi) is 10.1. The molecule has 30 heavy (non-hydrogen) atoms. The van der Waals surface area contributed by atoms with Crippen molar-refractivity contribution in [3.63, 3.8) is 0 Å². The minimum atomic E-state index is -3.39. The summed E-state index contributed by atoms with van der Waals surface area (Å²) in [6.45, 7) is 5.20. The van der Waals surface area contributed by atoms with Crippen molar-refractivity contribution >= 4 is 40.0 Å². The van der Waals surface area contributed by atoms with Crippen LogP contribution in [0.4, 0.5) is 0 Å². The van der Waals surface area contributed by atoms with Gasteiger partial charge in [0.25, 0.3) is 0 Å². The quantitative estimate of drug-likeness (QED) is 0.301. The van der Waals surface area contributed by atoms with Crippen LogP contribution < -0.4 is 10.6 Å². The van der Waals surface area contributed by atoms with Crippen LogP contribution in [-0.4, -0.2) is 44.9 Å². The lowest BCUT2D eigenvalue weighted by molar-refractivity contribution is 0.346. The second kappa shape index (κ2) is 12.3. The summed E-state index contributed by atoms with van der Waals surface area (Å²) in [4.78, 5) is 4.95. The number of piperidine rings is 1. The molecule has 0 bridgehead atoms. The van der Waals surface area contributed by atoms with Crippen LogP contribution >= 0.6 is 24.0 Å². The third-order valence-corrected chi connectivity index (χ3v) is 6.80. The van der Waals surface area contributed by atoms with Crippen LogP contribution in [-0.2, 0) is 23.0 Å². The van der Waals surface area contributed by atoms with Crippen LogP contribution in [0.2, 0.25) is 0 Å². The fraction of sp³-hybridized carbons (Fsp3) is 0.476. The Morgan fingerprint density at radius 2 is 1.83 bits per heavy atom. The monoisotopic (exact) mass is 546 g/mol. The minimum Gasteiger partial charge on any atom is -0.469 e. The number of nitrogens with one attached hydrogen (secondary N) is 2. The molecule has 3 rings (SSSR count). The molecule has 2 N–H and O–H groups in total. The van der Waals surface area contributed by atoms with Gasteiger partial charge in [-0.25, -0.2) is 13.4 Å². The standard InChI is InChI=1S/C21H30N4O3S.HI/c1-2-22-21(23-13-12-19-7-6-16-28-19)24-17-18-8-10-20(11-9-18)29(26,27)25-14-4-3-5-15-25;/h6-11,16H,2-5,12-15,17H2,1H3,(H2,22,23,24);1H. The van der Waals surface area contributed by atoms with Gasteiger partial charge in [-0.1, -0.05) is 18.6 Å². The highest BCUT2D eigenvalue weighted by Crippen LogP contribution is 2.21. The zero-order chi connectivity index (χ0) is 20.5. The molecule has 1 fully saturated rings. The van der Waals surface area contributed by atoms with E-state index in [1.807, 2.05) is 31.2 Å².